The maximum Gasteiger partial charge on any atom is 0.0400 e. The van der Waals surface area contributed by atoms with Crippen LogP contribution in [0.2, 0.25) is 0 Å². The Morgan fingerprint density at radius 1 is 0.739 bits per heavy atom. The van der Waals surface area contributed by atoms with Gasteiger partial charge in [-0.15, -0.1) is 0 Å². The minimum atomic E-state index is 1.03. The van der Waals surface area contributed by atoms with E-state index in [1.54, 1.807) is 6.20 Å². The first kappa shape index (κ1) is 18.6. The largest absolute Gasteiger partial charge is 0.264 e. The van der Waals surface area contributed by atoms with E-state index < -0.39 is 0 Å². The Hall–Kier alpha value is -2.48. The van der Waals surface area contributed by atoms with Crippen molar-refractivity contribution in [2.45, 2.75) is 33.6 Å². The Morgan fingerprint density at radius 2 is 1.48 bits per heavy atom. The Labute approximate surface area is 140 Å². The van der Waals surface area contributed by atoms with Gasteiger partial charge in [-0.1, -0.05) is 56.3 Å². The summed E-state index contributed by atoms with van der Waals surface area (Å²) < 4.78 is 0. The number of aromatic nitrogens is 2. The molecule has 2 heterocycles. The molecule has 2 aromatic heterocycles. The van der Waals surface area contributed by atoms with Crippen molar-refractivity contribution in [3.63, 3.8) is 0 Å². The lowest BCUT2D eigenvalue weighted by Crippen LogP contribution is -1.81. The normalized spacial score (nSPS) is 9.00. The van der Waals surface area contributed by atoms with Crippen LogP contribution in [0.3, 0.4) is 0 Å². The van der Waals surface area contributed by atoms with Gasteiger partial charge in [0.15, 0.2) is 0 Å². The van der Waals surface area contributed by atoms with Gasteiger partial charge in [0.2, 0.25) is 0 Å². The first-order valence-electron chi connectivity index (χ1n) is 8.06. The fraction of sp³-hybridized carbons (Fsp3) is 0.238. The fourth-order valence-electron chi connectivity index (χ4n) is 1.77. The first-order valence-corrected chi connectivity index (χ1v) is 8.06. The van der Waals surface area contributed by atoms with Crippen LogP contribution in [-0.4, -0.2) is 9.97 Å². The molecule has 0 fully saturated rings. The molecular formula is C21H26N2. The van der Waals surface area contributed by atoms with Gasteiger partial charge in [-0.2, -0.15) is 0 Å². The second kappa shape index (κ2) is 12.1. The number of pyridine rings is 2. The summed E-state index contributed by atoms with van der Waals surface area (Å²) in [4.78, 5) is 7.98. The zero-order valence-electron chi connectivity index (χ0n) is 14.3. The van der Waals surface area contributed by atoms with Crippen LogP contribution in [0.25, 0.3) is 0 Å². The highest BCUT2D eigenvalue weighted by Crippen LogP contribution is 1.96. The van der Waals surface area contributed by atoms with Crippen molar-refractivity contribution < 1.29 is 0 Å². The summed E-state index contributed by atoms with van der Waals surface area (Å²) in [6.07, 6.45) is 7.59. The lowest BCUT2D eigenvalue weighted by atomic mass is 10.2. The number of hydrogen-bond acceptors (Lipinski definition) is 2. The summed E-state index contributed by atoms with van der Waals surface area (Å²) in [5.41, 5.74) is 3.78. The van der Waals surface area contributed by atoms with Gasteiger partial charge in [0.05, 0.1) is 0 Å². The molecule has 3 rings (SSSR count). The van der Waals surface area contributed by atoms with Gasteiger partial charge in [0.1, 0.15) is 0 Å². The molecule has 0 saturated carbocycles. The van der Waals surface area contributed by atoms with Crippen molar-refractivity contribution in [2.75, 3.05) is 0 Å². The summed E-state index contributed by atoms with van der Waals surface area (Å²) in [7, 11) is 0. The summed E-state index contributed by atoms with van der Waals surface area (Å²) in [5.74, 6) is 0. The molecule has 3 aromatic rings. The summed E-state index contributed by atoms with van der Waals surface area (Å²) in [6.45, 7) is 6.28. The molecule has 0 spiro atoms. The Kier molecular flexibility index (Phi) is 9.77. The van der Waals surface area contributed by atoms with E-state index in [0.717, 1.165) is 18.5 Å². The molecule has 2 nitrogen and oxygen atoms in total. The quantitative estimate of drug-likeness (QED) is 0.643. The molecule has 0 unspecified atom stereocenters. The zero-order valence-corrected chi connectivity index (χ0v) is 14.3. The lowest BCUT2D eigenvalue weighted by Gasteiger charge is -1.89. The van der Waals surface area contributed by atoms with E-state index in [9.17, 15) is 0 Å². The Bertz CT molecular complexity index is 568. The van der Waals surface area contributed by atoms with Crippen molar-refractivity contribution in [1.82, 2.24) is 9.97 Å². The third kappa shape index (κ3) is 9.20. The second-order valence-corrected chi connectivity index (χ2v) is 5.04. The van der Waals surface area contributed by atoms with Gasteiger partial charge >= 0.3 is 0 Å². The Morgan fingerprint density at radius 3 is 1.83 bits per heavy atom. The second-order valence-electron chi connectivity index (χ2n) is 5.04. The van der Waals surface area contributed by atoms with Gasteiger partial charge in [0.25, 0.3) is 0 Å². The number of benzene rings is 1. The van der Waals surface area contributed by atoms with Gasteiger partial charge < -0.3 is 0 Å². The minimum absolute atomic E-state index is 1.03. The van der Waals surface area contributed by atoms with E-state index in [0.29, 0.717) is 0 Å². The molecule has 23 heavy (non-hydrogen) atoms. The molecule has 0 radical (unpaired) electrons. The molecule has 0 aliphatic heterocycles. The maximum atomic E-state index is 4.10. The van der Waals surface area contributed by atoms with Crippen molar-refractivity contribution in [2.24, 2.45) is 0 Å². The average molecular weight is 306 g/mol. The van der Waals surface area contributed by atoms with Crippen LogP contribution in [-0.2, 0) is 12.8 Å². The van der Waals surface area contributed by atoms with Crippen molar-refractivity contribution in [3.05, 3.63) is 96.1 Å². The number of rotatable bonds is 2. The average Bonchev–Trinajstić information content (AvgIpc) is 2.65. The van der Waals surface area contributed by atoms with Gasteiger partial charge in [-0.3, -0.25) is 9.97 Å². The van der Waals surface area contributed by atoms with Gasteiger partial charge in [-0.25, -0.2) is 0 Å². The molecule has 0 amide bonds. The molecule has 2 heteroatoms. The highest BCUT2D eigenvalue weighted by atomic mass is 14.7. The first-order chi connectivity index (χ1) is 11.3. The summed E-state index contributed by atoms with van der Waals surface area (Å²) >= 11 is 0. The third-order valence-corrected chi connectivity index (χ3v) is 3.15. The number of aryl methyl sites for hydroxylation is 3. The van der Waals surface area contributed by atoms with Crippen LogP contribution in [0.1, 0.15) is 30.7 Å². The van der Waals surface area contributed by atoms with E-state index in [4.69, 9.17) is 0 Å². The van der Waals surface area contributed by atoms with Crippen LogP contribution in [0.5, 0.6) is 0 Å². The van der Waals surface area contributed by atoms with Crippen LogP contribution < -0.4 is 0 Å². The van der Waals surface area contributed by atoms with Gasteiger partial charge in [-0.05, 0) is 49.1 Å². The van der Waals surface area contributed by atoms with Crippen LogP contribution in [0.15, 0.2) is 79.3 Å². The zero-order chi connectivity index (χ0) is 16.8. The van der Waals surface area contributed by atoms with E-state index in [-0.39, 0.29) is 0 Å². The predicted octanol–water partition coefficient (Wildman–Crippen LogP) is 5.28. The summed E-state index contributed by atoms with van der Waals surface area (Å²) in [5, 5.41) is 0. The van der Waals surface area contributed by atoms with Gasteiger partial charge in [0, 0.05) is 24.3 Å². The van der Waals surface area contributed by atoms with E-state index in [1.807, 2.05) is 55.7 Å². The van der Waals surface area contributed by atoms with Crippen molar-refractivity contribution in [3.8, 4) is 0 Å². The summed E-state index contributed by atoms with van der Waals surface area (Å²) in [6, 6.07) is 20.4. The Balaban J connectivity index is 0.000000173. The van der Waals surface area contributed by atoms with E-state index >= 15 is 0 Å². The predicted molar refractivity (Wildman–Crippen MR) is 98.4 cm³/mol. The molecule has 0 saturated heterocycles. The topological polar surface area (TPSA) is 25.8 Å². The fourth-order valence-corrected chi connectivity index (χ4v) is 1.77. The van der Waals surface area contributed by atoms with E-state index in [1.165, 1.54) is 11.1 Å². The van der Waals surface area contributed by atoms with Crippen LogP contribution in [0.4, 0.5) is 0 Å². The number of hydrogen-bond donors (Lipinski definition) is 0. The molecule has 0 bridgehead atoms. The molecule has 0 atom stereocenters. The van der Waals surface area contributed by atoms with Crippen LogP contribution in [0, 0.1) is 6.92 Å². The van der Waals surface area contributed by atoms with E-state index in [2.05, 4.69) is 48.1 Å². The SMILES string of the molecule is CCc1ccccc1.CCc1ccccn1.Cc1cccnc1. The smallest absolute Gasteiger partial charge is 0.0400 e. The minimum Gasteiger partial charge on any atom is -0.264 e. The lowest BCUT2D eigenvalue weighted by molar-refractivity contribution is 1.04. The van der Waals surface area contributed by atoms with Crippen LogP contribution >= 0.6 is 0 Å². The molecule has 0 N–H and O–H groups in total. The highest BCUT2D eigenvalue weighted by Gasteiger charge is 1.82. The third-order valence-electron chi connectivity index (χ3n) is 3.15. The van der Waals surface area contributed by atoms with Crippen molar-refractivity contribution >= 4 is 0 Å². The van der Waals surface area contributed by atoms with Crippen molar-refractivity contribution in [1.29, 1.82) is 0 Å². The maximum absolute atomic E-state index is 4.10. The molecule has 0 aliphatic carbocycles. The monoisotopic (exact) mass is 306 g/mol. The highest BCUT2D eigenvalue weighted by molar-refractivity contribution is 5.13. The standard InChI is InChI=1S/C8H10.C7H9N.C6H7N/c1-2-8-6-4-3-5-7-8;1-2-7-5-3-4-6-8-7;1-6-3-2-4-7-5-6/h3-7H,2H2,1H3;3-6H,2H2,1H3;2-5H,1H3. The molecular weight excluding hydrogens is 280 g/mol. The number of nitrogens with zero attached hydrogens (tertiary/aromatic N) is 2. The molecule has 120 valence electrons. The molecule has 0 aliphatic rings. The molecule has 1 aromatic carbocycles.